The number of hydrogen-bond acceptors (Lipinski definition) is 3. The van der Waals surface area contributed by atoms with Crippen LogP contribution < -0.4 is 5.32 Å². The monoisotopic (exact) mass is 314 g/mol. The van der Waals surface area contributed by atoms with Gasteiger partial charge in [-0.15, -0.1) is 0 Å². The highest BCUT2D eigenvalue weighted by atomic mass is 16.5. The van der Waals surface area contributed by atoms with Gasteiger partial charge < -0.3 is 15.5 Å². The molecule has 22 heavy (non-hydrogen) atoms. The first-order valence-electron chi connectivity index (χ1n) is 9.53. The zero-order valence-electron chi connectivity index (χ0n) is 15.2. The number of aliphatic hydroxyl groups excluding tert-OH is 1. The zero-order chi connectivity index (χ0) is 16.6. The van der Waals surface area contributed by atoms with Gasteiger partial charge in [-0.3, -0.25) is 0 Å². The van der Waals surface area contributed by atoms with E-state index in [1.807, 2.05) is 13.8 Å². The van der Waals surface area contributed by atoms with Crippen molar-refractivity contribution in [3.05, 3.63) is 6.42 Å². The second-order valence-electron chi connectivity index (χ2n) is 6.63. The first-order valence-corrected chi connectivity index (χ1v) is 9.53. The second-order valence-corrected chi connectivity index (χ2v) is 6.63. The van der Waals surface area contributed by atoms with Gasteiger partial charge in [0.05, 0.1) is 6.04 Å². The Bertz CT molecular complexity index is 221. The molecule has 0 aromatic carbocycles. The molecule has 0 aromatic heterocycles. The van der Waals surface area contributed by atoms with Gasteiger partial charge in [-0.05, 0) is 19.8 Å². The van der Waals surface area contributed by atoms with Crippen LogP contribution >= 0.6 is 0 Å². The molecule has 0 bridgehead atoms. The van der Waals surface area contributed by atoms with Crippen molar-refractivity contribution in [1.29, 1.82) is 0 Å². The van der Waals surface area contributed by atoms with E-state index in [-0.39, 0.29) is 12.1 Å². The Morgan fingerprint density at radius 1 is 0.818 bits per heavy atom. The Hall–Kier alpha value is -0.120. The highest BCUT2D eigenvalue weighted by Crippen LogP contribution is 2.13. The normalized spacial score (nSPS) is 14.5. The van der Waals surface area contributed by atoms with Crippen LogP contribution in [0.4, 0.5) is 0 Å². The third-order valence-corrected chi connectivity index (χ3v) is 4.45. The van der Waals surface area contributed by atoms with Crippen molar-refractivity contribution in [2.45, 2.75) is 116 Å². The Morgan fingerprint density at radius 3 is 1.68 bits per heavy atom. The minimum absolute atomic E-state index is 0.270. The fourth-order valence-corrected chi connectivity index (χ4v) is 2.80. The minimum atomic E-state index is -1.28. The lowest BCUT2D eigenvalue weighted by Gasteiger charge is -2.23. The number of hydrogen-bond donors (Lipinski definition) is 3. The summed E-state index contributed by atoms with van der Waals surface area (Å²) in [6, 6.07) is 0.0178. The number of nitrogens with one attached hydrogen (secondary N) is 1. The standard InChI is InChI=1S/C19H40NO2/c1-4-6-7-8-9-10-11-12-13-14-15-16-18(5-2)20-17(3)19(21)22/h5,17-22H,4,6-16H2,1-3H3. The van der Waals surface area contributed by atoms with Crippen LogP contribution in [0.3, 0.4) is 0 Å². The van der Waals surface area contributed by atoms with Crippen molar-refractivity contribution < 1.29 is 10.2 Å². The summed E-state index contributed by atoms with van der Waals surface area (Å²) in [6.45, 7) is 6.11. The van der Waals surface area contributed by atoms with Crippen LogP contribution in [-0.2, 0) is 0 Å². The fourth-order valence-electron chi connectivity index (χ4n) is 2.80. The smallest absolute Gasteiger partial charge is 0.166 e. The topological polar surface area (TPSA) is 52.5 Å². The third kappa shape index (κ3) is 13.5. The average Bonchev–Trinajstić information content (AvgIpc) is 2.51. The van der Waals surface area contributed by atoms with Crippen LogP contribution in [-0.4, -0.2) is 28.6 Å². The van der Waals surface area contributed by atoms with Gasteiger partial charge in [-0.25, -0.2) is 0 Å². The minimum Gasteiger partial charge on any atom is -0.367 e. The Kier molecular flexibility index (Phi) is 15.7. The van der Waals surface area contributed by atoms with E-state index in [4.69, 9.17) is 10.2 Å². The average molecular weight is 315 g/mol. The summed E-state index contributed by atoms with van der Waals surface area (Å²) in [6.07, 6.45) is 16.9. The van der Waals surface area contributed by atoms with Gasteiger partial charge in [0.2, 0.25) is 0 Å². The van der Waals surface area contributed by atoms with Crippen molar-refractivity contribution in [1.82, 2.24) is 5.32 Å². The molecule has 133 valence electrons. The molecule has 0 rings (SSSR count). The Labute approximate surface area is 138 Å². The molecule has 0 aliphatic rings. The van der Waals surface area contributed by atoms with Gasteiger partial charge in [-0.1, -0.05) is 84.5 Å². The zero-order valence-corrected chi connectivity index (χ0v) is 15.2. The number of aliphatic hydroxyl groups is 2. The number of rotatable bonds is 16. The lowest BCUT2D eigenvalue weighted by Crippen LogP contribution is -2.43. The molecule has 0 saturated heterocycles. The molecule has 0 saturated carbocycles. The molecule has 2 unspecified atom stereocenters. The molecule has 0 amide bonds. The summed E-state index contributed by atoms with van der Waals surface area (Å²) >= 11 is 0. The van der Waals surface area contributed by atoms with Crippen molar-refractivity contribution in [2.75, 3.05) is 0 Å². The van der Waals surface area contributed by atoms with Gasteiger partial charge in [0.15, 0.2) is 6.29 Å². The van der Waals surface area contributed by atoms with Crippen LogP contribution in [0, 0.1) is 6.42 Å². The van der Waals surface area contributed by atoms with Crippen LogP contribution in [0.1, 0.15) is 97.8 Å². The summed E-state index contributed by atoms with van der Waals surface area (Å²) in [5.41, 5.74) is 0. The fraction of sp³-hybridized carbons (Fsp3) is 0.947. The van der Waals surface area contributed by atoms with E-state index in [1.54, 1.807) is 0 Å². The molecular weight excluding hydrogens is 274 g/mol. The lowest BCUT2D eigenvalue weighted by molar-refractivity contribution is -0.0642. The predicted octanol–water partition coefficient (Wildman–Crippen LogP) is 4.57. The maximum atomic E-state index is 9.10. The highest BCUT2D eigenvalue weighted by Gasteiger charge is 2.14. The van der Waals surface area contributed by atoms with Gasteiger partial charge in [-0.2, -0.15) is 0 Å². The van der Waals surface area contributed by atoms with Gasteiger partial charge in [0.25, 0.3) is 0 Å². The summed E-state index contributed by atoms with van der Waals surface area (Å²) < 4.78 is 0. The van der Waals surface area contributed by atoms with Crippen molar-refractivity contribution >= 4 is 0 Å². The van der Waals surface area contributed by atoms with E-state index in [2.05, 4.69) is 18.7 Å². The maximum Gasteiger partial charge on any atom is 0.166 e. The maximum absolute atomic E-state index is 9.10. The molecule has 3 N–H and O–H groups in total. The van der Waals surface area contributed by atoms with Crippen molar-refractivity contribution in [3.8, 4) is 0 Å². The molecule has 0 fully saturated rings. The van der Waals surface area contributed by atoms with Crippen LogP contribution in [0.5, 0.6) is 0 Å². The molecule has 0 spiro atoms. The molecule has 1 radical (unpaired) electrons. The van der Waals surface area contributed by atoms with E-state index in [0.29, 0.717) is 0 Å². The predicted molar refractivity (Wildman–Crippen MR) is 95.7 cm³/mol. The molecule has 3 heteroatoms. The quantitative estimate of drug-likeness (QED) is 0.289. The van der Waals surface area contributed by atoms with Gasteiger partial charge >= 0.3 is 0 Å². The molecule has 0 heterocycles. The highest BCUT2D eigenvalue weighted by molar-refractivity contribution is 4.81. The van der Waals surface area contributed by atoms with Crippen LogP contribution in [0.25, 0.3) is 0 Å². The van der Waals surface area contributed by atoms with E-state index in [1.165, 1.54) is 70.6 Å². The first kappa shape index (κ1) is 21.9. The lowest BCUT2D eigenvalue weighted by atomic mass is 10.0. The first-order chi connectivity index (χ1) is 10.6. The molecule has 2 atom stereocenters. The summed E-state index contributed by atoms with van der Waals surface area (Å²) in [5, 5.41) is 21.5. The van der Waals surface area contributed by atoms with E-state index in [9.17, 15) is 0 Å². The van der Waals surface area contributed by atoms with E-state index < -0.39 is 6.29 Å². The second kappa shape index (κ2) is 15.8. The Morgan fingerprint density at radius 2 is 1.27 bits per heavy atom. The Balaban J connectivity index is 3.36. The molecule has 3 nitrogen and oxygen atoms in total. The van der Waals surface area contributed by atoms with Gasteiger partial charge in [0.1, 0.15) is 0 Å². The van der Waals surface area contributed by atoms with Crippen molar-refractivity contribution in [2.24, 2.45) is 0 Å². The van der Waals surface area contributed by atoms with E-state index in [0.717, 1.165) is 6.42 Å². The largest absolute Gasteiger partial charge is 0.367 e. The summed E-state index contributed by atoms with van der Waals surface area (Å²) in [5.74, 6) is 0. The van der Waals surface area contributed by atoms with Crippen LogP contribution in [0.15, 0.2) is 0 Å². The summed E-state index contributed by atoms with van der Waals surface area (Å²) in [4.78, 5) is 0. The number of unbranched alkanes of at least 4 members (excludes halogenated alkanes) is 10. The molecule has 0 aromatic rings. The molecule has 0 aliphatic heterocycles. The third-order valence-electron chi connectivity index (χ3n) is 4.45. The van der Waals surface area contributed by atoms with Crippen molar-refractivity contribution in [3.63, 3.8) is 0 Å². The SMILES string of the molecule is C[CH]C(CCCCCCCCCCCCC)NC(C)C(O)O. The molecular formula is C19H40NO2. The summed E-state index contributed by atoms with van der Waals surface area (Å²) in [7, 11) is 0. The van der Waals surface area contributed by atoms with Crippen LogP contribution in [0.2, 0.25) is 0 Å². The van der Waals surface area contributed by atoms with E-state index >= 15 is 0 Å². The molecule has 0 aliphatic carbocycles. The van der Waals surface area contributed by atoms with Gasteiger partial charge in [0, 0.05) is 6.04 Å².